The van der Waals surface area contributed by atoms with Gasteiger partial charge in [0, 0.05) is 22.7 Å². The lowest BCUT2D eigenvalue weighted by molar-refractivity contribution is -0.391. The van der Waals surface area contributed by atoms with E-state index in [1.54, 1.807) is 13.1 Å². The molecule has 2 heterocycles. The van der Waals surface area contributed by atoms with E-state index in [0.717, 1.165) is 17.0 Å². The number of benzene rings is 1. The molecule has 158 valence electrons. The number of carbonyl (C=O) groups is 1. The third kappa shape index (κ3) is 4.24. The zero-order chi connectivity index (χ0) is 21.6. The summed E-state index contributed by atoms with van der Waals surface area (Å²) in [4.78, 5) is 17.4. The van der Waals surface area contributed by atoms with Gasteiger partial charge in [0.05, 0.1) is 5.69 Å². The van der Waals surface area contributed by atoms with Crippen molar-refractivity contribution >= 4 is 17.4 Å². The molecule has 0 spiro atoms. The third-order valence-corrected chi connectivity index (χ3v) is 5.21. The Labute approximate surface area is 167 Å². The number of amides is 2. The second-order valence-electron chi connectivity index (χ2n) is 7.14. The summed E-state index contributed by atoms with van der Waals surface area (Å²) in [6.45, 7) is 7.40. The Bertz CT molecular complexity index is 1010. The molecule has 11 heteroatoms. The van der Waals surface area contributed by atoms with Crippen molar-refractivity contribution in [2.75, 3.05) is 0 Å². The number of aromatic nitrogens is 1. The van der Waals surface area contributed by atoms with Gasteiger partial charge in [0.25, 0.3) is 0 Å². The average molecular weight is 433 g/mol. The molecule has 0 radical (unpaired) electrons. The standard InChI is InChI=1S/C18H19F4N3O3S/c1-5-16(3,4)24-14(26)23-15-25(9-10(2)29-15)11-6-7-12-13(8-11)28-18(21,22)17(19,20)27-12/h6-9H,5H2,1-4H3,(H,24,26). The summed E-state index contributed by atoms with van der Waals surface area (Å²) in [5.41, 5.74) is -0.162. The lowest BCUT2D eigenvalue weighted by Gasteiger charge is -2.31. The molecule has 6 nitrogen and oxygen atoms in total. The van der Waals surface area contributed by atoms with Gasteiger partial charge in [-0.2, -0.15) is 22.6 Å². The average Bonchev–Trinajstić information content (AvgIpc) is 2.94. The molecule has 0 saturated carbocycles. The number of aryl methyl sites for hydroxylation is 1. The Morgan fingerprint density at radius 3 is 2.45 bits per heavy atom. The molecule has 0 aliphatic carbocycles. The van der Waals surface area contributed by atoms with Gasteiger partial charge >= 0.3 is 18.2 Å². The van der Waals surface area contributed by atoms with E-state index in [-0.39, 0.29) is 4.80 Å². The summed E-state index contributed by atoms with van der Waals surface area (Å²) in [5.74, 6) is -1.06. The fraction of sp³-hybridized carbons (Fsp3) is 0.444. The molecule has 1 N–H and O–H groups in total. The maximum Gasteiger partial charge on any atom is 0.507 e. The minimum atomic E-state index is -4.81. The van der Waals surface area contributed by atoms with Crippen LogP contribution in [-0.2, 0) is 0 Å². The van der Waals surface area contributed by atoms with Gasteiger partial charge in [-0.1, -0.05) is 6.92 Å². The quantitative estimate of drug-likeness (QED) is 0.720. The van der Waals surface area contributed by atoms with Crippen molar-refractivity contribution in [2.45, 2.75) is 51.9 Å². The lowest BCUT2D eigenvalue weighted by Crippen LogP contribution is -2.52. The van der Waals surface area contributed by atoms with Gasteiger partial charge in [-0.3, -0.25) is 4.57 Å². The Balaban J connectivity index is 2.00. The van der Waals surface area contributed by atoms with Crippen LogP contribution in [-0.4, -0.2) is 28.4 Å². The number of nitrogens with zero attached hydrogens (tertiary/aromatic N) is 2. The van der Waals surface area contributed by atoms with Crippen molar-refractivity contribution < 1.29 is 31.8 Å². The molecule has 3 rings (SSSR count). The summed E-state index contributed by atoms with van der Waals surface area (Å²) in [6.07, 6.45) is -7.26. The number of urea groups is 1. The SMILES string of the molecule is CCC(C)(C)NC(=O)N=c1sc(C)cn1-c1ccc2c(c1)OC(F)(F)C(F)(F)O2. The summed E-state index contributed by atoms with van der Waals surface area (Å²) < 4.78 is 63.3. The minimum absolute atomic E-state index is 0.278. The Morgan fingerprint density at radius 2 is 1.83 bits per heavy atom. The highest BCUT2D eigenvalue weighted by Crippen LogP contribution is 2.47. The van der Waals surface area contributed by atoms with Crippen LogP contribution in [0.3, 0.4) is 0 Å². The molecule has 1 aromatic heterocycles. The smallest absolute Gasteiger partial charge is 0.421 e. The fourth-order valence-electron chi connectivity index (χ4n) is 2.42. The molecule has 2 aromatic rings. The van der Waals surface area contributed by atoms with Crippen LogP contribution in [0.15, 0.2) is 29.4 Å². The molecule has 1 aromatic carbocycles. The maximum absolute atomic E-state index is 13.5. The van der Waals surface area contributed by atoms with Gasteiger partial charge in [0.1, 0.15) is 0 Å². The molecule has 29 heavy (non-hydrogen) atoms. The van der Waals surface area contributed by atoms with Crippen LogP contribution >= 0.6 is 11.3 Å². The van der Waals surface area contributed by atoms with Crippen molar-refractivity contribution in [2.24, 2.45) is 4.99 Å². The summed E-state index contributed by atoms with van der Waals surface area (Å²) in [5, 5.41) is 2.77. The molecule has 2 amide bonds. The first-order valence-electron chi connectivity index (χ1n) is 8.67. The first-order valence-corrected chi connectivity index (χ1v) is 9.49. The van der Waals surface area contributed by atoms with Crippen molar-refractivity contribution in [3.63, 3.8) is 0 Å². The van der Waals surface area contributed by atoms with Crippen molar-refractivity contribution in [1.82, 2.24) is 9.88 Å². The van der Waals surface area contributed by atoms with Gasteiger partial charge in [-0.25, -0.2) is 4.79 Å². The molecular weight excluding hydrogens is 414 g/mol. The Hall–Kier alpha value is -2.56. The van der Waals surface area contributed by atoms with Crippen molar-refractivity contribution in [3.8, 4) is 17.2 Å². The van der Waals surface area contributed by atoms with E-state index in [1.165, 1.54) is 22.0 Å². The summed E-state index contributed by atoms with van der Waals surface area (Å²) in [6, 6.07) is 3.03. The number of hydrogen-bond donors (Lipinski definition) is 1. The maximum atomic E-state index is 13.5. The fourth-order valence-corrected chi connectivity index (χ4v) is 3.25. The van der Waals surface area contributed by atoms with Gasteiger partial charge in [0.15, 0.2) is 16.3 Å². The number of rotatable bonds is 3. The van der Waals surface area contributed by atoms with E-state index >= 15 is 0 Å². The van der Waals surface area contributed by atoms with Gasteiger partial charge < -0.3 is 14.8 Å². The van der Waals surface area contributed by atoms with Crippen LogP contribution in [0.25, 0.3) is 5.69 Å². The van der Waals surface area contributed by atoms with Crippen LogP contribution in [0.2, 0.25) is 0 Å². The molecule has 0 atom stereocenters. The number of carbonyl (C=O) groups excluding carboxylic acids is 1. The monoisotopic (exact) mass is 433 g/mol. The van der Waals surface area contributed by atoms with E-state index < -0.39 is 35.3 Å². The van der Waals surface area contributed by atoms with E-state index in [9.17, 15) is 22.4 Å². The lowest BCUT2D eigenvalue weighted by atomic mass is 10.0. The molecule has 0 unspecified atom stereocenters. The number of halogens is 4. The molecular formula is C18H19F4N3O3S. The second kappa shape index (κ2) is 7.05. The number of nitrogens with one attached hydrogen (secondary N) is 1. The number of fused-ring (bicyclic) bond motifs is 1. The zero-order valence-electron chi connectivity index (χ0n) is 16.1. The van der Waals surface area contributed by atoms with Crippen LogP contribution in [0.5, 0.6) is 11.5 Å². The van der Waals surface area contributed by atoms with Crippen LogP contribution in [0.1, 0.15) is 32.1 Å². The van der Waals surface area contributed by atoms with Crippen LogP contribution in [0.4, 0.5) is 22.4 Å². The normalized spacial score (nSPS) is 17.9. The highest BCUT2D eigenvalue weighted by Gasteiger charge is 2.65. The van der Waals surface area contributed by atoms with E-state index in [1.807, 2.05) is 20.8 Å². The number of ether oxygens (including phenoxy) is 2. The first kappa shape index (κ1) is 21.2. The predicted octanol–water partition coefficient (Wildman–Crippen LogP) is 4.60. The minimum Gasteiger partial charge on any atom is -0.421 e. The van der Waals surface area contributed by atoms with Gasteiger partial charge in [-0.15, -0.1) is 11.3 Å². The van der Waals surface area contributed by atoms with E-state index in [0.29, 0.717) is 12.1 Å². The van der Waals surface area contributed by atoms with Crippen molar-refractivity contribution in [1.29, 1.82) is 0 Å². The topological polar surface area (TPSA) is 64.9 Å². The van der Waals surface area contributed by atoms with E-state index in [4.69, 9.17) is 0 Å². The summed E-state index contributed by atoms with van der Waals surface area (Å²) >= 11 is 1.20. The number of hydrogen-bond acceptors (Lipinski definition) is 4. The second-order valence-corrected chi connectivity index (χ2v) is 8.36. The number of alkyl halides is 4. The Morgan fingerprint density at radius 1 is 1.21 bits per heavy atom. The first-order chi connectivity index (χ1) is 13.3. The molecule has 0 fully saturated rings. The molecule has 1 aliphatic rings. The largest absolute Gasteiger partial charge is 0.507 e. The highest BCUT2D eigenvalue weighted by atomic mass is 32.1. The third-order valence-electron chi connectivity index (χ3n) is 4.32. The van der Waals surface area contributed by atoms with Crippen molar-refractivity contribution in [3.05, 3.63) is 34.1 Å². The highest BCUT2D eigenvalue weighted by molar-refractivity contribution is 7.09. The number of thiazole rings is 1. The molecule has 0 saturated heterocycles. The predicted molar refractivity (Wildman–Crippen MR) is 98.0 cm³/mol. The summed E-state index contributed by atoms with van der Waals surface area (Å²) in [7, 11) is 0. The Kier molecular flexibility index (Phi) is 5.14. The molecule has 1 aliphatic heterocycles. The van der Waals surface area contributed by atoms with Gasteiger partial charge in [0.2, 0.25) is 0 Å². The zero-order valence-corrected chi connectivity index (χ0v) is 16.9. The molecule has 0 bridgehead atoms. The van der Waals surface area contributed by atoms with E-state index in [2.05, 4.69) is 19.8 Å². The van der Waals surface area contributed by atoms with Crippen LogP contribution in [0, 0.1) is 6.92 Å². The van der Waals surface area contributed by atoms with Crippen LogP contribution < -0.4 is 19.6 Å². The van der Waals surface area contributed by atoms with Gasteiger partial charge in [-0.05, 0) is 39.3 Å².